The number of aliphatic hydroxyl groups is 6. The van der Waals surface area contributed by atoms with Crippen LogP contribution in [0.2, 0.25) is 0 Å². The van der Waals surface area contributed by atoms with Crippen molar-refractivity contribution >= 4 is 0 Å². The average Bonchev–Trinajstić information content (AvgIpc) is 2.47. The maximum Gasteiger partial charge on any atom is 0.100 e. The van der Waals surface area contributed by atoms with Gasteiger partial charge in [0.25, 0.3) is 0 Å². The monoisotopic (exact) mass is 282 g/mol. The van der Waals surface area contributed by atoms with Crippen molar-refractivity contribution in [2.24, 2.45) is 0 Å². The second-order valence-corrected chi connectivity index (χ2v) is 3.15. The van der Waals surface area contributed by atoms with Gasteiger partial charge in [-0.25, -0.2) is 0 Å². The molecule has 0 saturated heterocycles. The van der Waals surface area contributed by atoms with Crippen LogP contribution in [0.15, 0.2) is 25.3 Å². The van der Waals surface area contributed by atoms with E-state index in [0.29, 0.717) is 13.2 Å². The smallest absolute Gasteiger partial charge is 0.100 e. The van der Waals surface area contributed by atoms with Gasteiger partial charge in [-0.3, -0.25) is 0 Å². The van der Waals surface area contributed by atoms with E-state index in [0.717, 1.165) is 0 Å². The fourth-order valence-electron chi connectivity index (χ4n) is 0.350. The standard InChI is InChI=1S/C6H10O.2C3H8O3/c1-3-5-7-6-4-2;2*4-1-3(6)2-5/h3-4H,1-2,5-6H2;2*3-6H,1-2H2. The normalized spacial score (nSPS) is 9.26. The van der Waals surface area contributed by atoms with Gasteiger partial charge in [-0.2, -0.15) is 0 Å². The highest BCUT2D eigenvalue weighted by Crippen LogP contribution is 1.73. The van der Waals surface area contributed by atoms with E-state index in [1.807, 2.05) is 0 Å². The molecule has 6 N–H and O–H groups in total. The lowest BCUT2D eigenvalue weighted by Gasteiger charge is -1.96. The Kier molecular flexibility index (Phi) is 27.5. The van der Waals surface area contributed by atoms with E-state index in [1.54, 1.807) is 12.2 Å². The number of rotatable bonds is 8. The van der Waals surface area contributed by atoms with Crippen LogP contribution in [0.1, 0.15) is 0 Å². The lowest BCUT2D eigenvalue weighted by Crippen LogP contribution is -2.15. The van der Waals surface area contributed by atoms with Gasteiger partial charge in [0.1, 0.15) is 12.2 Å². The number of hydrogen-bond donors (Lipinski definition) is 6. The molecule has 0 aliphatic carbocycles. The molecule has 0 heterocycles. The summed E-state index contributed by atoms with van der Waals surface area (Å²) in [4.78, 5) is 0. The van der Waals surface area contributed by atoms with Crippen LogP contribution in [0.5, 0.6) is 0 Å². The summed E-state index contributed by atoms with van der Waals surface area (Å²) in [6.45, 7) is 6.72. The van der Waals surface area contributed by atoms with Gasteiger partial charge in [0, 0.05) is 0 Å². The molecule has 0 radical (unpaired) electrons. The molecule has 0 bridgehead atoms. The molecule has 0 aromatic heterocycles. The third-order valence-corrected chi connectivity index (χ3v) is 1.31. The van der Waals surface area contributed by atoms with Crippen LogP contribution in [0.25, 0.3) is 0 Å². The molecule has 0 atom stereocenters. The third-order valence-electron chi connectivity index (χ3n) is 1.31. The van der Waals surface area contributed by atoms with E-state index in [2.05, 4.69) is 13.2 Å². The minimum atomic E-state index is -0.954. The van der Waals surface area contributed by atoms with Crippen LogP contribution in [-0.2, 0) is 4.74 Å². The van der Waals surface area contributed by atoms with Crippen molar-refractivity contribution in [3.8, 4) is 0 Å². The Morgan fingerprint density at radius 2 is 1.00 bits per heavy atom. The van der Waals surface area contributed by atoms with Gasteiger partial charge in [0.15, 0.2) is 0 Å². The predicted molar refractivity (Wildman–Crippen MR) is 71.6 cm³/mol. The summed E-state index contributed by atoms with van der Waals surface area (Å²) in [5.74, 6) is 0. The van der Waals surface area contributed by atoms with Gasteiger partial charge in [-0.05, 0) is 0 Å². The van der Waals surface area contributed by atoms with Gasteiger partial charge in [-0.1, -0.05) is 12.2 Å². The Labute approximate surface area is 113 Å². The highest BCUT2D eigenvalue weighted by molar-refractivity contribution is 4.68. The first kappa shape index (κ1) is 23.3. The molecule has 0 saturated carbocycles. The Hall–Kier alpha value is -0.800. The molecule has 0 aromatic carbocycles. The zero-order valence-electron chi connectivity index (χ0n) is 11.1. The van der Waals surface area contributed by atoms with E-state index in [4.69, 9.17) is 35.4 Å². The molecule has 0 amide bonds. The van der Waals surface area contributed by atoms with E-state index >= 15 is 0 Å². The molecule has 0 rings (SSSR count). The molecular formula is C12H26O7. The molecule has 0 aromatic rings. The van der Waals surface area contributed by atoms with E-state index < -0.39 is 12.2 Å². The van der Waals surface area contributed by atoms with Gasteiger partial charge in [0.05, 0.1) is 39.6 Å². The third kappa shape index (κ3) is 31.7. The lowest BCUT2D eigenvalue weighted by atomic mass is 10.4. The number of hydrogen-bond acceptors (Lipinski definition) is 7. The summed E-state index contributed by atoms with van der Waals surface area (Å²) in [5, 5.41) is 48.0. The number of aliphatic hydroxyl groups excluding tert-OH is 6. The van der Waals surface area contributed by atoms with Crippen LogP contribution in [0.4, 0.5) is 0 Å². The Morgan fingerprint density at radius 1 is 0.737 bits per heavy atom. The molecule has 0 aliphatic rings. The van der Waals surface area contributed by atoms with Gasteiger partial charge in [-0.15, -0.1) is 13.2 Å². The molecule has 0 unspecified atom stereocenters. The lowest BCUT2D eigenvalue weighted by molar-refractivity contribution is 0.0450. The Bertz CT molecular complexity index is 149. The first-order valence-corrected chi connectivity index (χ1v) is 5.62. The molecule has 0 aliphatic heterocycles. The van der Waals surface area contributed by atoms with Crippen molar-refractivity contribution in [1.82, 2.24) is 0 Å². The van der Waals surface area contributed by atoms with Crippen LogP contribution in [0, 0.1) is 0 Å². The SMILES string of the molecule is C=CCOCC=C.OCC(O)CO.OCC(O)CO. The molecule has 7 heteroatoms. The highest BCUT2D eigenvalue weighted by Gasteiger charge is 1.94. The zero-order chi connectivity index (χ0) is 15.5. The van der Waals surface area contributed by atoms with Crippen molar-refractivity contribution in [3.63, 3.8) is 0 Å². The van der Waals surface area contributed by atoms with Crippen molar-refractivity contribution < 1.29 is 35.4 Å². The quantitative estimate of drug-likeness (QED) is 0.225. The Morgan fingerprint density at radius 3 is 1.11 bits per heavy atom. The van der Waals surface area contributed by atoms with E-state index in [9.17, 15) is 0 Å². The summed E-state index contributed by atoms with van der Waals surface area (Å²) < 4.78 is 4.90. The summed E-state index contributed by atoms with van der Waals surface area (Å²) in [5.41, 5.74) is 0. The van der Waals surface area contributed by atoms with Gasteiger partial charge >= 0.3 is 0 Å². The molecule has 0 fully saturated rings. The van der Waals surface area contributed by atoms with Crippen LogP contribution >= 0.6 is 0 Å². The van der Waals surface area contributed by atoms with Gasteiger partial charge < -0.3 is 35.4 Å². The minimum Gasteiger partial charge on any atom is -0.394 e. The predicted octanol–water partition coefficient (Wildman–Crippen LogP) is -1.96. The summed E-state index contributed by atoms with van der Waals surface area (Å²) in [6.07, 6.45) is 1.52. The summed E-state index contributed by atoms with van der Waals surface area (Å²) in [6, 6.07) is 0. The molecular weight excluding hydrogens is 256 g/mol. The second kappa shape index (κ2) is 22.4. The summed E-state index contributed by atoms with van der Waals surface area (Å²) >= 11 is 0. The fraction of sp³-hybridized carbons (Fsp3) is 0.667. The number of ether oxygens (including phenoxy) is 1. The van der Waals surface area contributed by atoms with E-state index in [1.165, 1.54) is 0 Å². The molecule has 7 nitrogen and oxygen atoms in total. The average molecular weight is 282 g/mol. The largest absolute Gasteiger partial charge is 0.394 e. The molecule has 116 valence electrons. The second-order valence-electron chi connectivity index (χ2n) is 3.15. The molecule has 19 heavy (non-hydrogen) atoms. The molecule has 0 spiro atoms. The van der Waals surface area contributed by atoms with Crippen molar-refractivity contribution in [3.05, 3.63) is 25.3 Å². The van der Waals surface area contributed by atoms with E-state index in [-0.39, 0.29) is 26.4 Å². The van der Waals surface area contributed by atoms with Crippen LogP contribution < -0.4 is 0 Å². The maximum absolute atomic E-state index is 8.17. The van der Waals surface area contributed by atoms with Crippen LogP contribution in [0.3, 0.4) is 0 Å². The maximum atomic E-state index is 8.17. The zero-order valence-corrected chi connectivity index (χ0v) is 11.1. The first-order chi connectivity index (χ1) is 9.03. The van der Waals surface area contributed by atoms with Crippen molar-refractivity contribution in [2.75, 3.05) is 39.6 Å². The first-order valence-electron chi connectivity index (χ1n) is 5.62. The van der Waals surface area contributed by atoms with Crippen LogP contribution in [-0.4, -0.2) is 82.5 Å². The summed E-state index contributed by atoms with van der Waals surface area (Å²) in [7, 11) is 0. The minimum absolute atomic E-state index is 0.365. The van der Waals surface area contributed by atoms with Crippen molar-refractivity contribution in [1.29, 1.82) is 0 Å². The highest BCUT2D eigenvalue weighted by atomic mass is 16.5. The van der Waals surface area contributed by atoms with Gasteiger partial charge in [0.2, 0.25) is 0 Å². The fourth-order valence-corrected chi connectivity index (χ4v) is 0.350. The van der Waals surface area contributed by atoms with Crippen molar-refractivity contribution in [2.45, 2.75) is 12.2 Å². The Balaban J connectivity index is -0.000000203. The topological polar surface area (TPSA) is 131 Å².